The van der Waals surface area contributed by atoms with E-state index < -0.39 is 30.7 Å². The van der Waals surface area contributed by atoms with Crippen molar-refractivity contribution in [3.05, 3.63) is 35.6 Å². The Kier molecular flexibility index (Phi) is 4.52. The molecule has 3 nitrogen and oxygen atoms in total. The second-order valence-corrected chi connectivity index (χ2v) is 3.58. The van der Waals surface area contributed by atoms with Crippen molar-refractivity contribution in [3.63, 3.8) is 0 Å². The predicted molar refractivity (Wildman–Crippen MR) is 55.4 cm³/mol. The van der Waals surface area contributed by atoms with Crippen LogP contribution in [0.2, 0.25) is 0 Å². The predicted octanol–water partition coefficient (Wildman–Crippen LogP) is 3.18. The van der Waals surface area contributed by atoms with Crippen LogP contribution >= 0.6 is 0 Å². The third-order valence-electron chi connectivity index (χ3n) is 2.07. The number of ether oxygens (including phenoxy) is 1. The number of benzene rings is 1. The summed E-state index contributed by atoms with van der Waals surface area (Å²) >= 11 is 0. The van der Waals surface area contributed by atoms with Crippen molar-refractivity contribution >= 4 is 6.09 Å². The van der Waals surface area contributed by atoms with E-state index in [1.807, 2.05) is 0 Å². The van der Waals surface area contributed by atoms with E-state index >= 15 is 0 Å². The number of alkyl halides is 3. The fourth-order valence-corrected chi connectivity index (χ4v) is 1.27. The largest absolute Gasteiger partial charge is 0.440 e. The third kappa shape index (κ3) is 4.60. The van der Waals surface area contributed by atoms with Gasteiger partial charge in [-0.3, -0.25) is 0 Å². The molecule has 0 aromatic heterocycles. The second-order valence-electron chi connectivity index (χ2n) is 3.58. The number of nitrogens with one attached hydrogen (secondary N) is 1. The molecule has 7 heteroatoms. The minimum atomic E-state index is -4.58. The van der Waals surface area contributed by atoms with E-state index in [0.29, 0.717) is 0 Å². The van der Waals surface area contributed by atoms with Gasteiger partial charge in [-0.15, -0.1) is 0 Å². The normalized spacial score (nSPS) is 12.9. The van der Waals surface area contributed by atoms with Crippen molar-refractivity contribution < 1.29 is 27.1 Å². The standard InChI is InChI=1S/C11H11F4NO2/c1-7(8-4-2-3-5-9(8)12)16-10(17)18-6-11(13,14)15/h2-5,7H,6H2,1H3,(H,16,17)/t7-/m1/s1. The topological polar surface area (TPSA) is 38.3 Å². The van der Waals surface area contributed by atoms with Crippen molar-refractivity contribution in [1.82, 2.24) is 5.32 Å². The zero-order chi connectivity index (χ0) is 13.8. The Morgan fingerprint density at radius 1 is 1.39 bits per heavy atom. The highest BCUT2D eigenvalue weighted by atomic mass is 19.4. The molecule has 100 valence electrons. The molecule has 0 unspecified atom stereocenters. The minimum absolute atomic E-state index is 0.168. The van der Waals surface area contributed by atoms with Crippen molar-refractivity contribution in [2.45, 2.75) is 19.1 Å². The van der Waals surface area contributed by atoms with Crippen LogP contribution < -0.4 is 5.32 Å². The summed E-state index contributed by atoms with van der Waals surface area (Å²) in [6.45, 7) is -0.240. The molecule has 1 rings (SSSR count). The molecule has 0 spiro atoms. The van der Waals surface area contributed by atoms with Crippen molar-refractivity contribution in [2.75, 3.05) is 6.61 Å². The van der Waals surface area contributed by atoms with Gasteiger partial charge in [0, 0.05) is 5.56 Å². The molecular weight excluding hydrogens is 254 g/mol. The van der Waals surface area contributed by atoms with Crippen LogP contribution in [0.15, 0.2) is 24.3 Å². The van der Waals surface area contributed by atoms with E-state index in [1.165, 1.54) is 25.1 Å². The quantitative estimate of drug-likeness (QED) is 0.852. The number of rotatable bonds is 3. The molecule has 1 aromatic carbocycles. The van der Waals surface area contributed by atoms with Gasteiger partial charge in [0.05, 0.1) is 6.04 Å². The van der Waals surface area contributed by atoms with Crippen LogP contribution in [0.4, 0.5) is 22.4 Å². The lowest BCUT2D eigenvalue weighted by Gasteiger charge is -2.15. The van der Waals surface area contributed by atoms with E-state index in [2.05, 4.69) is 10.1 Å². The lowest BCUT2D eigenvalue weighted by molar-refractivity contribution is -0.160. The monoisotopic (exact) mass is 265 g/mol. The molecule has 0 fully saturated rings. The molecular formula is C11H11F4NO2. The van der Waals surface area contributed by atoms with Crippen molar-refractivity contribution in [1.29, 1.82) is 0 Å². The maximum absolute atomic E-state index is 13.3. The Bertz CT molecular complexity index is 420. The van der Waals surface area contributed by atoms with Gasteiger partial charge in [0.2, 0.25) is 0 Å². The number of halogens is 4. The van der Waals surface area contributed by atoms with Crippen LogP contribution in [0.1, 0.15) is 18.5 Å². The summed E-state index contributed by atoms with van der Waals surface area (Å²) in [4.78, 5) is 11.0. The molecule has 18 heavy (non-hydrogen) atoms. The summed E-state index contributed by atoms with van der Waals surface area (Å²) in [6.07, 6.45) is -5.83. The maximum atomic E-state index is 13.3. The van der Waals surface area contributed by atoms with Gasteiger partial charge in [0.15, 0.2) is 6.61 Å². The van der Waals surface area contributed by atoms with Crippen LogP contribution in [0.5, 0.6) is 0 Å². The molecule has 0 aliphatic heterocycles. The first-order valence-corrected chi connectivity index (χ1v) is 5.04. The Balaban J connectivity index is 2.53. The smallest absolute Gasteiger partial charge is 0.422 e. The summed E-state index contributed by atoms with van der Waals surface area (Å²) in [5.74, 6) is -0.555. The molecule has 0 saturated carbocycles. The van der Waals surface area contributed by atoms with Crippen LogP contribution in [0, 0.1) is 5.82 Å². The van der Waals surface area contributed by atoms with Crippen LogP contribution in [-0.4, -0.2) is 18.9 Å². The lowest BCUT2D eigenvalue weighted by Crippen LogP contribution is -2.31. The lowest BCUT2D eigenvalue weighted by atomic mass is 10.1. The highest BCUT2D eigenvalue weighted by Gasteiger charge is 2.29. The summed E-state index contributed by atoms with van der Waals surface area (Å²) in [6, 6.07) is 4.84. The summed E-state index contributed by atoms with van der Waals surface area (Å²) in [7, 11) is 0. The summed E-state index contributed by atoms with van der Waals surface area (Å²) in [5.41, 5.74) is 0.168. The number of amides is 1. The molecule has 1 amide bonds. The van der Waals surface area contributed by atoms with Gasteiger partial charge in [-0.25, -0.2) is 9.18 Å². The summed E-state index contributed by atoms with van der Waals surface area (Å²) < 4.78 is 52.6. The molecule has 1 atom stereocenters. The highest BCUT2D eigenvalue weighted by molar-refractivity contribution is 5.67. The molecule has 0 saturated heterocycles. The molecule has 0 aliphatic carbocycles. The van der Waals surface area contributed by atoms with Crippen molar-refractivity contribution in [2.24, 2.45) is 0 Å². The van der Waals surface area contributed by atoms with E-state index in [4.69, 9.17) is 0 Å². The number of carbonyl (C=O) groups is 1. The Morgan fingerprint density at radius 3 is 2.56 bits per heavy atom. The van der Waals surface area contributed by atoms with Gasteiger partial charge in [0.1, 0.15) is 5.82 Å². The summed E-state index contributed by atoms with van der Waals surface area (Å²) in [5, 5.41) is 2.11. The maximum Gasteiger partial charge on any atom is 0.422 e. The van der Waals surface area contributed by atoms with Crippen LogP contribution in [-0.2, 0) is 4.74 Å². The van der Waals surface area contributed by atoms with Crippen LogP contribution in [0.3, 0.4) is 0 Å². The number of carbonyl (C=O) groups excluding carboxylic acids is 1. The van der Waals surface area contributed by atoms with Gasteiger partial charge in [0.25, 0.3) is 0 Å². The van der Waals surface area contributed by atoms with E-state index in [-0.39, 0.29) is 5.56 Å². The molecule has 0 aliphatic rings. The van der Waals surface area contributed by atoms with Gasteiger partial charge in [-0.2, -0.15) is 13.2 Å². The van der Waals surface area contributed by atoms with Gasteiger partial charge >= 0.3 is 12.3 Å². The van der Waals surface area contributed by atoms with E-state index in [1.54, 1.807) is 6.07 Å². The average Bonchev–Trinajstić information content (AvgIpc) is 2.26. The molecule has 1 N–H and O–H groups in total. The molecule has 0 bridgehead atoms. The zero-order valence-corrected chi connectivity index (χ0v) is 9.42. The van der Waals surface area contributed by atoms with Crippen LogP contribution in [0.25, 0.3) is 0 Å². The number of hydrogen-bond donors (Lipinski definition) is 1. The van der Waals surface area contributed by atoms with Gasteiger partial charge in [-0.05, 0) is 13.0 Å². The van der Waals surface area contributed by atoms with E-state index in [9.17, 15) is 22.4 Å². The Morgan fingerprint density at radius 2 is 2.00 bits per heavy atom. The highest BCUT2D eigenvalue weighted by Crippen LogP contribution is 2.17. The van der Waals surface area contributed by atoms with Gasteiger partial charge in [-0.1, -0.05) is 18.2 Å². The average molecular weight is 265 g/mol. The zero-order valence-electron chi connectivity index (χ0n) is 9.42. The Labute approximate surface area is 101 Å². The first-order valence-electron chi connectivity index (χ1n) is 5.04. The number of alkyl carbamates (subject to hydrolysis) is 1. The minimum Gasteiger partial charge on any atom is -0.440 e. The number of hydrogen-bond acceptors (Lipinski definition) is 2. The fraction of sp³-hybridized carbons (Fsp3) is 0.364. The van der Waals surface area contributed by atoms with E-state index in [0.717, 1.165) is 0 Å². The van der Waals surface area contributed by atoms with Crippen molar-refractivity contribution in [3.8, 4) is 0 Å². The molecule has 0 radical (unpaired) electrons. The Hall–Kier alpha value is -1.79. The first-order chi connectivity index (χ1) is 8.29. The van der Waals surface area contributed by atoms with Gasteiger partial charge < -0.3 is 10.1 Å². The molecule has 1 aromatic rings. The molecule has 0 heterocycles. The second kappa shape index (κ2) is 5.70. The fourth-order valence-electron chi connectivity index (χ4n) is 1.27. The SMILES string of the molecule is C[C@@H](NC(=O)OCC(F)(F)F)c1ccccc1F. The third-order valence-corrected chi connectivity index (χ3v) is 2.07. The first kappa shape index (κ1) is 14.3.